The van der Waals surface area contributed by atoms with E-state index in [1.54, 1.807) is 0 Å². The average molecular weight is 288 g/mol. The van der Waals surface area contributed by atoms with Gasteiger partial charge in [-0.05, 0) is 13.0 Å². The van der Waals surface area contributed by atoms with Crippen LogP contribution in [0.4, 0.5) is 0 Å². The summed E-state index contributed by atoms with van der Waals surface area (Å²) < 4.78 is 27.4. The molecule has 2 N–H and O–H groups in total. The van der Waals surface area contributed by atoms with Crippen LogP contribution < -0.4 is 5.32 Å². The van der Waals surface area contributed by atoms with Crippen molar-refractivity contribution in [1.29, 1.82) is 0 Å². The third-order valence-electron chi connectivity index (χ3n) is 3.63. The van der Waals surface area contributed by atoms with Crippen LogP contribution in [0.5, 0.6) is 0 Å². The number of rotatable bonds is 3. The number of β-lactam (4-membered cyclic amide) rings is 1. The smallest absolute Gasteiger partial charge is 0.356 e. The number of amides is 1. The van der Waals surface area contributed by atoms with E-state index < -0.39 is 22.1 Å². The highest BCUT2D eigenvalue weighted by atomic mass is 32.2. The number of hydrogen-bond donors (Lipinski definition) is 2. The van der Waals surface area contributed by atoms with Crippen molar-refractivity contribution in [2.75, 3.05) is 12.8 Å². The highest BCUT2D eigenvalue weighted by Crippen LogP contribution is 2.46. The molecule has 0 saturated carbocycles. The van der Waals surface area contributed by atoms with Gasteiger partial charge in [-0.2, -0.15) is 8.42 Å². The molecular weight excluding hydrogens is 276 g/mol. The van der Waals surface area contributed by atoms with Gasteiger partial charge in [-0.3, -0.25) is 9.69 Å². The fraction of sp³-hybridized carbons (Fsp3) is 0.600. The molecule has 0 aromatic heterocycles. The van der Waals surface area contributed by atoms with Gasteiger partial charge in [0.25, 0.3) is 0 Å². The van der Waals surface area contributed by atoms with E-state index in [0.717, 1.165) is 11.2 Å². The zero-order valence-corrected chi connectivity index (χ0v) is 10.8. The van der Waals surface area contributed by atoms with Crippen molar-refractivity contribution in [3.8, 4) is 0 Å². The summed E-state index contributed by atoms with van der Waals surface area (Å²) in [5, 5.41) is 12.2. The van der Waals surface area contributed by atoms with Crippen molar-refractivity contribution < 1.29 is 27.3 Å². The normalized spacial score (nSPS) is 33.0. The molecule has 3 aliphatic rings. The molecule has 2 fully saturated rings. The maximum atomic E-state index is 11.8. The lowest BCUT2D eigenvalue weighted by Gasteiger charge is -2.48. The zero-order valence-electron chi connectivity index (χ0n) is 9.99. The van der Waals surface area contributed by atoms with Gasteiger partial charge in [-0.15, -0.1) is 0 Å². The first-order valence-corrected chi connectivity index (χ1v) is 7.56. The lowest BCUT2D eigenvalue weighted by atomic mass is 9.82. The Balaban J connectivity index is 2.07. The Morgan fingerprint density at radius 1 is 1.53 bits per heavy atom. The molecule has 3 heterocycles. The Morgan fingerprint density at radius 2 is 2.21 bits per heavy atom. The van der Waals surface area contributed by atoms with E-state index in [-0.39, 0.29) is 29.3 Å². The molecule has 104 valence electrons. The summed E-state index contributed by atoms with van der Waals surface area (Å²) in [5.74, 6) is -2.18. The maximum absolute atomic E-state index is 11.8. The van der Waals surface area contributed by atoms with Gasteiger partial charge in [0.05, 0.1) is 12.3 Å². The monoisotopic (exact) mass is 288 g/mol. The molecule has 2 unspecified atom stereocenters. The van der Waals surface area contributed by atoms with Crippen molar-refractivity contribution >= 4 is 22.0 Å². The van der Waals surface area contributed by atoms with Crippen molar-refractivity contribution in [2.24, 2.45) is 5.92 Å². The second-order valence-corrected chi connectivity index (χ2v) is 6.41. The summed E-state index contributed by atoms with van der Waals surface area (Å²) in [7, 11) is -3.83. The molecule has 19 heavy (non-hydrogen) atoms. The molecule has 3 aliphatic heterocycles. The molecule has 0 radical (unpaired) electrons. The Hall–Kier alpha value is -1.61. The van der Waals surface area contributed by atoms with Gasteiger partial charge < -0.3 is 14.6 Å². The van der Waals surface area contributed by atoms with Crippen molar-refractivity contribution in [3.63, 3.8) is 0 Å². The Labute approximate surface area is 109 Å². The van der Waals surface area contributed by atoms with Crippen molar-refractivity contribution in [1.82, 2.24) is 10.2 Å². The summed E-state index contributed by atoms with van der Waals surface area (Å²) in [4.78, 5) is 24.2. The van der Waals surface area contributed by atoms with Crippen molar-refractivity contribution in [2.45, 2.75) is 18.5 Å². The lowest BCUT2D eigenvalue weighted by molar-refractivity contribution is -0.154. The highest BCUT2D eigenvalue weighted by Gasteiger charge is 2.62. The van der Waals surface area contributed by atoms with Gasteiger partial charge >= 0.3 is 16.1 Å². The quantitative estimate of drug-likeness (QED) is 0.478. The van der Waals surface area contributed by atoms with Gasteiger partial charge in [0.2, 0.25) is 5.91 Å². The molecule has 8 nitrogen and oxygen atoms in total. The Bertz CT molecular complexity index is 610. The van der Waals surface area contributed by atoms with E-state index in [1.807, 2.05) is 0 Å². The predicted octanol–water partition coefficient (Wildman–Crippen LogP) is -1.54. The number of aliphatic carboxylic acids is 1. The molecule has 0 aliphatic carbocycles. The van der Waals surface area contributed by atoms with Gasteiger partial charge in [-0.1, -0.05) is 0 Å². The van der Waals surface area contributed by atoms with Crippen LogP contribution in [0.3, 0.4) is 0 Å². The molecule has 3 atom stereocenters. The second-order valence-electron chi connectivity index (χ2n) is 4.83. The molecule has 1 amide bonds. The van der Waals surface area contributed by atoms with Gasteiger partial charge in [0.1, 0.15) is 6.04 Å². The fourth-order valence-corrected chi connectivity index (χ4v) is 3.54. The lowest BCUT2D eigenvalue weighted by Crippen LogP contribution is -2.71. The van der Waals surface area contributed by atoms with Gasteiger partial charge in [0, 0.05) is 5.92 Å². The number of carbonyl (C=O) groups excluding carboxylic acids is 1. The summed E-state index contributed by atoms with van der Waals surface area (Å²) >= 11 is 0. The Kier molecular flexibility index (Phi) is 2.42. The van der Waals surface area contributed by atoms with Crippen LogP contribution >= 0.6 is 0 Å². The van der Waals surface area contributed by atoms with Crippen LogP contribution in [0.2, 0.25) is 0 Å². The fourth-order valence-electron chi connectivity index (χ4n) is 3.01. The van der Waals surface area contributed by atoms with E-state index in [9.17, 15) is 23.1 Å². The van der Waals surface area contributed by atoms with Crippen molar-refractivity contribution in [3.05, 3.63) is 11.5 Å². The standard InChI is InChI=1S/C10H12N2O6S/c1-19(16,17)18-8-4-2-3-11-5-6(4)12(9(5)13)7(8)10(14)15/h4-6,11H,2-3H2,1H3,(H,14,15)/t4?,5?,6-/m1/s1. The first-order valence-electron chi connectivity index (χ1n) is 5.74. The molecule has 0 aromatic rings. The molecular formula is C10H12N2O6S. The first-order chi connectivity index (χ1) is 8.81. The summed E-state index contributed by atoms with van der Waals surface area (Å²) in [6, 6.07) is -0.780. The third-order valence-corrected chi connectivity index (χ3v) is 4.11. The van der Waals surface area contributed by atoms with Crippen LogP contribution in [-0.4, -0.2) is 55.2 Å². The number of carbonyl (C=O) groups is 2. The van der Waals surface area contributed by atoms with Crippen LogP contribution in [-0.2, 0) is 23.9 Å². The first kappa shape index (κ1) is 12.4. The number of carboxylic acids is 1. The average Bonchev–Trinajstić information content (AvgIpc) is 2.60. The highest BCUT2D eigenvalue weighted by molar-refractivity contribution is 7.86. The molecule has 0 aromatic carbocycles. The van der Waals surface area contributed by atoms with Crippen LogP contribution in [0.15, 0.2) is 11.5 Å². The van der Waals surface area contributed by atoms with Crippen LogP contribution in [0.1, 0.15) is 6.42 Å². The number of nitrogens with zero attached hydrogens (tertiary/aromatic N) is 1. The summed E-state index contributed by atoms with van der Waals surface area (Å²) in [6.45, 7) is 0.523. The summed E-state index contributed by atoms with van der Waals surface area (Å²) in [6.07, 6.45) is 1.39. The zero-order chi connectivity index (χ0) is 13.9. The predicted molar refractivity (Wildman–Crippen MR) is 61.1 cm³/mol. The van der Waals surface area contributed by atoms with E-state index in [4.69, 9.17) is 4.18 Å². The molecule has 9 heteroatoms. The third kappa shape index (κ3) is 1.65. The number of nitrogens with one attached hydrogen (secondary N) is 1. The van der Waals surface area contributed by atoms with E-state index >= 15 is 0 Å². The van der Waals surface area contributed by atoms with Crippen LogP contribution in [0.25, 0.3) is 0 Å². The van der Waals surface area contributed by atoms with Gasteiger partial charge in [0.15, 0.2) is 11.5 Å². The number of hydrogen-bond acceptors (Lipinski definition) is 6. The topological polar surface area (TPSA) is 113 Å². The van der Waals surface area contributed by atoms with Gasteiger partial charge in [-0.25, -0.2) is 4.79 Å². The van der Waals surface area contributed by atoms with E-state index in [1.165, 1.54) is 0 Å². The van der Waals surface area contributed by atoms with E-state index in [0.29, 0.717) is 13.0 Å². The minimum absolute atomic E-state index is 0.114. The minimum atomic E-state index is -3.83. The van der Waals surface area contributed by atoms with E-state index in [2.05, 4.69) is 5.32 Å². The molecule has 2 saturated heterocycles. The number of carboxylic acid groups (broad SMARTS) is 1. The SMILES string of the molecule is CS(=O)(=O)OC1=C(C(=O)O)N2C(=O)C3NCCC1[C@H]32. The number of piperidine rings is 1. The minimum Gasteiger partial charge on any atom is -0.476 e. The summed E-state index contributed by atoms with van der Waals surface area (Å²) in [5.41, 5.74) is -0.342. The second kappa shape index (κ2) is 3.70. The molecule has 3 rings (SSSR count). The Morgan fingerprint density at radius 3 is 2.79 bits per heavy atom. The molecule has 0 spiro atoms. The maximum Gasteiger partial charge on any atom is 0.356 e. The van der Waals surface area contributed by atoms with Crippen LogP contribution in [0, 0.1) is 5.92 Å². The molecule has 0 bridgehead atoms. The largest absolute Gasteiger partial charge is 0.476 e.